The van der Waals surface area contributed by atoms with Crippen molar-refractivity contribution >= 4 is 0 Å². The number of hydrogen-bond donors (Lipinski definition) is 1. The number of ether oxygens (including phenoxy) is 1. The van der Waals surface area contributed by atoms with Gasteiger partial charge in [0.15, 0.2) is 0 Å². The molecule has 2 N–H and O–H groups in total. The first kappa shape index (κ1) is 14.9. The van der Waals surface area contributed by atoms with E-state index in [-0.39, 0.29) is 11.6 Å². The van der Waals surface area contributed by atoms with Crippen LogP contribution in [0.25, 0.3) is 0 Å². The van der Waals surface area contributed by atoms with E-state index in [1.165, 1.54) is 32.2 Å². The SMILES string of the molecule is CCCCN(CCC(N)C(C)(C)OC)C1CC1. The van der Waals surface area contributed by atoms with Crippen LogP contribution in [0.1, 0.15) is 52.9 Å². The van der Waals surface area contributed by atoms with Gasteiger partial charge in [-0.15, -0.1) is 0 Å². The van der Waals surface area contributed by atoms with Crippen molar-refractivity contribution in [2.24, 2.45) is 5.73 Å². The van der Waals surface area contributed by atoms with Crippen molar-refractivity contribution < 1.29 is 4.74 Å². The van der Waals surface area contributed by atoms with E-state index in [1.54, 1.807) is 7.11 Å². The fourth-order valence-corrected chi connectivity index (χ4v) is 2.08. The second-order valence-electron chi connectivity index (χ2n) is 5.82. The number of unbranched alkanes of at least 4 members (excludes halogenated alkanes) is 1. The maximum Gasteiger partial charge on any atom is 0.0773 e. The average Bonchev–Trinajstić information content (AvgIpc) is 3.12. The molecule has 0 aliphatic heterocycles. The van der Waals surface area contributed by atoms with Crippen LogP contribution in [0, 0.1) is 0 Å². The third-order valence-electron chi connectivity index (χ3n) is 4.01. The molecule has 3 nitrogen and oxygen atoms in total. The quantitative estimate of drug-likeness (QED) is 0.675. The Morgan fingerprint density at radius 2 is 2.00 bits per heavy atom. The Morgan fingerprint density at radius 3 is 2.47 bits per heavy atom. The van der Waals surface area contributed by atoms with Gasteiger partial charge in [0, 0.05) is 25.7 Å². The van der Waals surface area contributed by atoms with E-state index in [2.05, 4.69) is 25.7 Å². The molecular formula is C14H30N2O. The van der Waals surface area contributed by atoms with Gasteiger partial charge in [-0.25, -0.2) is 0 Å². The van der Waals surface area contributed by atoms with Crippen LogP contribution in [0.2, 0.25) is 0 Å². The standard InChI is InChI=1S/C14H30N2O/c1-5-6-10-16(12-7-8-12)11-9-13(15)14(2,3)17-4/h12-13H,5-11,15H2,1-4H3. The van der Waals surface area contributed by atoms with Crippen LogP contribution in [-0.4, -0.2) is 42.8 Å². The lowest BCUT2D eigenvalue weighted by atomic mass is 9.96. The summed E-state index contributed by atoms with van der Waals surface area (Å²) in [5.41, 5.74) is 6.00. The summed E-state index contributed by atoms with van der Waals surface area (Å²) in [6.45, 7) is 8.76. The largest absolute Gasteiger partial charge is 0.377 e. The predicted molar refractivity (Wildman–Crippen MR) is 73.2 cm³/mol. The van der Waals surface area contributed by atoms with Crippen molar-refractivity contribution in [3.05, 3.63) is 0 Å². The second kappa shape index (κ2) is 6.72. The molecule has 1 atom stereocenters. The molecule has 0 aromatic heterocycles. The highest BCUT2D eigenvalue weighted by Crippen LogP contribution is 2.27. The van der Waals surface area contributed by atoms with Gasteiger partial charge in [0.05, 0.1) is 5.60 Å². The molecule has 0 saturated heterocycles. The Morgan fingerprint density at radius 1 is 1.35 bits per heavy atom. The summed E-state index contributed by atoms with van der Waals surface area (Å²) in [6.07, 6.45) is 6.37. The van der Waals surface area contributed by atoms with Crippen molar-refractivity contribution in [3.8, 4) is 0 Å². The van der Waals surface area contributed by atoms with Crippen molar-refractivity contribution in [2.45, 2.75) is 70.6 Å². The van der Waals surface area contributed by atoms with Crippen LogP contribution in [0.4, 0.5) is 0 Å². The first-order valence-corrected chi connectivity index (χ1v) is 7.06. The van der Waals surface area contributed by atoms with Gasteiger partial charge in [-0.3, -0.25) is 0 Å². The fraction of sp³-hybridized carbons (Fsp3) is 1.00. The van der Waals surface area contributed by atoms with Crippen LogP contribution in [0.15, 0.2) is 0 Å². The highest BCUT2D eigenvalue weighted by molar-refractivity contribution is 4.88. The lowest BCUT2D eigenvalue weighted by molar-refractivity contribution is -0.00393. The van der Waals surface area contributed by atoms with Gasteiger partial charge in [0.2, 0.25) is 0 Å². The molecule has 0 aromatic rings. The predicted octanol–water partition coefficient (Wildman–Crippen LogP) is 2.39. The lowest BCUT2D eigenvalue weighted by Crippen LogP contribution is -2.46. The molecule has 1 fully saturated rings. The Hall–Kier alpha value is -0.120. The zero-order valence-corrected chi connectivity index (χ0v) is 12.0. The molecule has 1 saturated carbocycles. The number of rotatable bonds is 9. The highest BCUT2D eigenvalue weighted by Gasteiger charge is 2.31. The zero-order chi connectivity index (χ0) is 12.9. The minimum absolute atomic E-state index is 0.121. The third kappa shape index (κ3) is 4.94. The van der Waals surface area contributed by atoms with Gasteiger partial charge in [-0.05, 0) is 46.1 Å². The molecule has 0 heterocycles. The molecule has 0 radical (unpaired) electrons. The van der Waals surface area contributed by atoms with E-state index in [4.69, 9.17) is 10.5 Å². The molecule has 1 aliphatic rings. The molecule has 1 unspecified atom stereocenters. The summed E-state index contributed by atoms with van der Waals surface area (Å²) in [4.78, 5) is 2.62. The third-order valence-corrected chi connectivity index (χ3v) is 4.01. The zero-order valence-electron chi connectivity index (χ0n) is 12.0. The van der Waals surface area contributed by atoms with Gasteiger partial charge < -0.3 is 15.4 Å². The first-order valence-electron chi connectivity index (χ1n) is 7.06. The smallest absolute Gasteiger partial charge is 0.0773 e. The maximum atomic E-state index is 6.21. The summed E-state index contributed by atoms with van der Waals surface area (Å²) in [7, 11) is 1.75. The number of hydrogen-bond acceptors (Lipinski definition) is 3. The highest BCUT2D eigenvalue weighted by atomic mass is 16.5. The molecule has 0 bridgehead atoms. The van der Waals surface area contributed by atoms with Crippen LogP contribution in [-0.2, 0) is 4.74 Å². The van der Waals surface area contributed by atoms with Gasteiger partial charge in [0.25, 0.3) is 0 Å². The molecule has 0 spiro atoms. The van der Waals surface area contributed by atoms with Gasteiger partial charge in [0.1, 0.15) is 0 Å². The van der Waals surface area contributed by atoms with Crippen LogP contribution >= 0.6 is 0 Å². The minimum atomic E-state index is -0.208. The normalized spacial score (nSPS) is 18.7. The van der Waals surface area contributed by atoms with E-state index in [1.807, 2.05) is 0 Å². The molecule has 1 aliphatic carbocycles. The minimum Gasteiger partial charge on any atom is -0.377 e. The van der Waals surface area contributed by atoms with E-state index >= 15 is 0 Å². The van der Waals surface area contributed by atoms with Crippen LogP contribution < -0.4 is 5.73 Å². The summed E-state index contributed by atoms with van der Waals surface area (Å²) < 4.78 is 5.45. The summed E-state index contributed by atoms with van der Waals surface area (Å²) >= 11 is 0. The summed E-state index contributed by atoms with van der Waals surface area (Å²) in [6, 6.07) is 0.967. The molecule has 0 amide bonds. The van der Waals surface area contributed by atoms with Crippen molar-refractivity contribution in [1.29, 1.82) is 0 Å². The Bertz CT molecular complexity index is 214. The number of nitrogens with zero attached hydrogens (tertiary/aromatic N) is 1. The number of nitrogens with two attached hydrogens (primary N) is 1. The van der Waals surface area contributed by atoms with E-state index in [0.29, 0.717) is 0 Å². The molecule has 102 valence electrons. The summed E-state index contributed by atoms with van der Waals surface area (Å²) in [5, 5.41) is 0. The van der Waals surface area contributed by atoms with E-state index < -0.39 is 0 Å². The molecule has 3 heteroatoms. The fourth-order valence-electron chi connectivity index (χ4n) is 2.08. The topological polar surface area (TPSA) is 38.5 Å². The second-order valence-corrected chi connectivity index (χ2v) is 5.82. The Kier molecular flexibility index (Phi) is 5.90. The van der Waals surface area contributed by atoms with E-state index in [9.17, 15) is 0 Å². The van der Waals surface area contributed by atoms with Gasteiger partial charge in [-0.1, -0.05) is 13.3 Å². The van der Waals surface area contributed by atoms with Crippen molar-refractivity contribution in [2.75, 3.05) is 20.2 Å². The van der Waals surface area contributed by atoms with Crippen molar-refractivity contribution in [1.82, 2.24) is 4.90 Å². The van der Waals surface area contributed by atoms with Crippen LogP contribution in [0.5, 0.6) is 0 Å². The molecular weight excluding hydrogens is 212 g/mol. The van der Waals surface area contributed by atoms with E-state index in [0.717, 1.165) is 19.0 Å². The Balaban J connectivity index is 2.30. The Labute approximate surface area is 107 Å². The van der Waals surface area contributed by atoms with Crippen LogP contribution in [0.3, 0.4) is 0 Å². The first-order chi connectivity index (χ1) is 8.01. The number of methoxy groups -OCH3 is 1. The van der Waals surface area contributed by atoms with Crippen molar-refractivity contribution in [3.63, 3.8) is 0 Å². The maximum absolute atomic E-state index is 6.21. The molecule has 0 aromatic carbocycles. The average molecular weight is 242 g/mol. The summed E-state index contributed by atoms with van der Waals surface area (Å²) in [5.74, 6) is 0. The van der Waals surface area contributed by atoms with Gasteiger partial charge >= 0.3 is 0 Å². The monoisotopic (exact) mass is 242 g/mol. The van der Waals surface area contributed by atoms with Gasteiger partial charge in [-0.2, -0.15) is 0 Å². The molecule has 1 rings (SSSR count). The lowest BCUT2D eigenvalue weighted by Gasteiger charge is -2.32. The molecule has 17 heavy (non-hydrogen) atoms.